The molecule has 0 radical (unpaired) electrons. The highest BCUT2D eigenvalue weighted by Gasteiger charge is 2.05. The van der Waals surface area contributed by atoms with Gasteiger partial charge in [-0.3, -0.25) is 0 Å². The minimum absolute atomic E-state index is 0.271. The summed E-state index contributed by atoms with van der Waals surface area (Å²) in [6.45, 7) is 2.02. The molecule has 1 aromatic carbocycles. The SMILES string of the molecule is C[C@H](Br)c1ccc(Cl)cc1Cl. The van der Waals surface area contributed by atoms with Crippen LogP contribution in [0.3, 0.4) is 0 Å². The Morgan fingerprint density at radius 3 is 2.45 bits per heavy atom. The number of alkyl halides is 1. The van der Waals surface area contributed by atoms with Crippen molar-refractivity contribution in [3.8, 4) is 0 Å². The molecule has 1 atom stereocenters. The van der Waals surface area contributed by atoms with Crippen molar-refractivity contribution >= 4 is 39.1 Å². The predicted octanol–water partition coefficient (Wildman–Crippen LogP) is 4.45. The molecular weight excluding hydrogens is 247 g/mol. The first-order valence-electron chi connectivity index (χ1n) is 3.20. The lowest BCUT2D eigenvalue weighted by atomic mass is 10.2. The summed E-state index contributed by atoms with van der Waals surface area (Å²) in [6, 6.07) is 5.50. The van der Waals surface area contributed by atoms with E-state index >= 15 is 0 Å². The Labute approximate surface area is 84.6 Å². The quantitative estimate of drug-likeness (QED) is 0.649. The van der Waals surface area contributed by atoms with Crippen LogP contribution in [0.4, 0.5) is 0 Å². The summed E-state index contributed by atoms with van der Waals surface area (Å²) >= 11 is 15.1. The summed E-state index contributed by atoms with van der Waals surface area (Å²) < 4.78 is 0. The number of rotatable bonds is 1. The molecule has 0 fully saturated rings. The molecule has 0 N–H and O–H groups in total. The highest BCUT2D eigenvalue weighted by Crippen LogP contribution is 2.30. The molecular formula is C8H7BrCl2. The summed E-state index contributed by atoms with van der Waals surface area (Å²) in [5.41, 5.74) is 1.07. The molecule has 1 rings (SSSR count). The molecule has 11 heavy (non-hydrogen) atoms. The second kappa shape index (κ2) is 3.79. The van der Waals surface area contributed by atoms with Crippen LogP contribution >= 0.6 is 39.1 Å². The van der Waals surface area contributed by atoms with Crippen molar-refractivity contribution in [3.63, 3.8) is 0 Å². The van der Waals surface area contributed by atoms with Gasteiger partial charge in [-0.05, 0) is 24.6 Å². The van der Waals surface area contributed by atoms with Crippen LogP contribution in [0.15, 0.2) is 18.2 Å². The molecule has 0 amide bonds. The van der Waals surface area contributed by atoms with Crippen LogP contribution in [-0.4, -0.2) is 0 Å². The van der Waals surface area contributed by atoms with Crippen molar-refractivity contribution in [1.82, 2.24) is 0 Å². The topological polar surface area (TPSA) is 0 Å². The summed E-state index contributed by atoms with van der Waals surface area (Å²) in [4.78, 5) is 0.271. The van der Waals surface area contributed by atoms with Gasteiger partial charge in [0.15, 0.2) is 0 Å². The zero-order valence-corrected chi connectivity index (χ0v) is 9.04. The summed E-state index contributed by atoms with van der Waals surface area (Å²) in [5.74, 6) is 0. The van der Waals surface area contributed by atoms with E-state index in [2.05, 4.69) is 15.9 Å². The van der Waals surface area contributed by atoms with E-state index in [9.17, 15) is 0 Å². The molecule has 0 heterocycles. The normalized spacial score (nSPS) is 13.1. The van der Waals surface area contributed by atoms with Crippen molar-refractivity contribution in [2.45, 2.75) is 11.8 Å². The molecule has 0 nitrogen and oxygen atoms in total. The van der Waals surface area contributed by atoms with Crippen LogP contribution in [0, 0.1) is 0 Å². The van der Waals surface area contributed by atoms with E-state index < -0.39 is 0 Å². The fourth-order valence-electron chi connectivity index (χ4n) is 0.824. The average molecular weight is 254 g/mol. The van der Waals surface area contributed by atoms with E-state index in [0.717, 1.165) is 5.56 Å². The van der Waals surface area contributed by atoms with E-state index in [-0.39, 0.29) is 4.83 Å². The van der Waals surface area contributed by atoms with E-state index in [4.69, 9.17) is 23.2 Å². The molecule has 0 aliphatic heterocycles. The lowest BCUT2D eigenvalue weighted by Gasteiger charge is -2.05. The van der Waals surface area contributed by atoms with Crippen LogP contribution in [0.1, 0.15) is 17.3 Å². The minimum atomic E-state index is 0.271. The second-order valence-corrected chi connectivity index (χ2v) is 4.50. The monoisotopic (exact) mass is 252 g/mol. The third kappa shape index (κ3) is 2.36. The van der Waals surface area contributed by atoms with Gasteiger partial charge in [0, 0.05) is 14.9 Å². The number of hydrogen-bond acceptors (Lipinski definition) is 0. The predicted molar refractivity (Wildman–Crippen MR) is 53.8 cm³/mol. The Hall–Kier alpha value is 0.280. The van der Waals surface area contributed by atoms with Gasteiger partial charge < -0.3 is 0 Å². The Balaban J connectivity index is 3.09. The molecule has 0 aromatic heterocycles. The van der Waals surface area contributed by atoms with Crippen LogP contribution in [0.5, 0.6) is 0 Å². The first-order chi connectivity index (χ1) is 5.11. The first kappa shape index (κ1) is 9.37. The van der Waals surface area contributed by atoms with Crippen molar-refractivity contribution in [2.24, 2.45) is 0 Å². The largest absolute Gasteiger partial charge is 0.0843 e. The number of hydrogen-bond donors (Lipinski definition) is 0. The van der Waals surface area contributed by atoms with Gasteiger partial charge in [-0.25, -0.2) is 0 Å². The highest BCUT2D eigenvalue weighted by atomic mass is 79.9. The molecule has 0 spiro atoms. The van der Waals surface area contributed by atoms with Crippen molar-refractivity contribution in [2.75, 3.05) is 0 Å². The summed E-state index contributed by atoms with van der Waals surface area (Å²) in [7, 11) is 0. The molecule has 60 valence electrons. The van der Waals surface area contributed by atoms with Gasteiger partial charge in [0.2, 0.25) is 0 Å². The first-order valence-corrected chi connectivity index (χ1v) is 4.87. The van der Waals surface area contributed by atoms with Crippen molar-refractivity contribution < 1.29 is 0 Å². The van der Waals surface area contributed by atoms with Crippen LogP contribution in [0.25, 0.3) is 0 Å². The van der Waals surface area contributed by atoms with Crippen LogP contribution in [0.2, 0.25) is 10.0 Å². The lowest BCUT2D eigenvalue weighted by Crippen LogP contribution is -1.84. The van der Waals surface area contributed by atoms with Crippen molar-refractivity contribution in [3.05, 3.63) is 33.8 Å². The van der Waals surface area contributed by atoms with Gasteiger partial charge in [0.25, 0.3) is 0 Å². The Morgan fingerprint density at radius 1 is 1.36 bits per heavy atom. The van der Waals surface area contributed by atoms with Gasteiger partial charge in [-0.1, -0.05) is 45.2 Å². The molecule has 3 heteroatoms. The maximum Gasteiger partial charge on any atom is 0.0464 e. The van der Waals surface area contributed by atoms with Gasteiger partial charge in [0.05, 0.1) is 0 Å². The zero-order chi connectivity index (χ0) is 8.43. The van der Waals surface area contributed by atoms with E-state index in [1.807, 2.05) is 19.1 Å². The third-order valence-corrected chi connectivity index (χ3v) is 2.45. The molecule has 1 aromatic rings. The standard InChI is InChI=1S/C8H7BrCl2/c1-5(9)7-3-2-6(10)4-8(7)11/h2-5H,1H3/t5-/m0/s1. The smallest absolute Gasteiger partial charge is 0.0464 e. The fourth-order valence-corrected chi connectivity index (χ4v) is 1.93. The van der Waals surface area contributed by atoms with Crippen molar-refractivity contribution in [1.29, 1.82) is 0 Å². The van der Waals surface area contributed by atoms with Gasteiger partial charge in [-0.15, -0.1) is 0 Å². The molecule has 0 saturated heterocycles. The maximum absolute atomic E-state index is 5.91. The molecule has 0 bridgehead atoms. The fraction of sp³-hybridized carbons (Fsp3) is 0.250. The highest BCUT2D eigenvalue weighted by molar-refractivity contribution is 9.09. The van der Waals surface area contributed by atoms with E-state index in [1.165, 1.54) is 0 Å². The summed E-state index contributed by atoms with van der Waals surface area (Å²) in [5, 5.41) is 1.38. The molecule has 0 aliphatic carbocycles. The third-order valence-electron chi connectivity index (χ3n) is 1.39. The Morgan fingerprint density at radius 2 is 2.00 bits per heavy atom. The summed E-state index contributed by atoms with van der Waals surface area (Å²) in [6.07, 6.45) is 0. The van der Waals surface area contributed by atoms with E-state index in [1.54, 1.807) is 6.07 Å². The molecule has 0 saturated carbocycles. The van der Waals surface area contributed by atoms with Crippen LogP contribution in [-0.2, 0) is 0 Å². The zero-order valence-electron chi connectivity index (χ0n) is 5.94. The van der Waals surface area contributed by atoms with Gasteiger partial charge >= 0.3 is 0 Å². The second-order valence-electron chi connectivity index (χ2n) is 2.28. The minimum Gasteiger partial charge on any atom is -0.0843 e. The van der Waals surface area contributed by atoms with E-state index in [0.29, 0.717) is 10.0 Å². The number of benzene rings is 1. The number of halogens is 3. The Bertz CT molecular complexity index is 258. The average Bonchev–Trinajstić information content (AvgIpc) is 1.85. The van der Waals surface area contributed by atoms with Crippen LogP contribution < -0.4 is 0 Å². The maximum atomic E-state index is 5.91. The Kier molecular flexibility index (Phi) is 3.23. The lowest BCUT2D eigenvalue weighted by molar-refractivity contribution is 1.12. The van der Waals surface area contributed by atoms with Gasteiger partial charge in [-0.2, -0.15) is 0 Å². The molecule has 0 unspecified atom stereocenters. The molecule has 0 aliphatic rings. The van der Waals surface area contributed by atoms with Gasteiger partial charge in [0.1, 0.15) is 0 Å².